The fourth-order valence-electron chi connectivity index (χ4n) is 2.10. The molecule has 0 aromatic carbocycles. The molecule has 0 saturated heterocycles. The molecule has 2 rings (SSSR count). The van der Waals surface area contributed by atoms with Crippen LogP contribution in [0.1, 0.15) is 42.6 Å². The Morgan fingerprint density at radius 2 is 2.00 bits per heavy atom. The molecule has 1 aromatic heterocycles. The quantitative estimate of drug-likeness (QED) is 0.719. The molecule has 15 heavy (non-hydrogen) atoms. The number of halogens is 1. The van der Waals surface area contributed by atoms with Crippen LogP contribution in [-0.2, 0) is 0 Å². The van der Waals surface area contributed by atoms with Gasteiger partial charge in [-0.3, -0.25) is 9.78 Å². The normalized spacial score (nSPS) is 17.7. The molecule has 0 atom stereocenters. The summed E-state index contributed by atoms with van der Waals surface area (Å²) in [5.74, 6) is 0.374. The summed E-state index contributed by atoms with van der Waals surface area (Å²) in [4.78, 5) is 16.1. The number of Topliss-reactive ketones (excluding diaryl/α,β-unsaturated/α-hetero) is 1. The number of hydrogen-bond donors (Lipinski definition) is 0. The SMILES string of the molecule is O=C(c1ccc(Cl)cn1)C1CCCCC1. The minimum Gasteiger partial charge on any atom is -0.292 e. The molecule has 0 bridgehead atoms. The van der Waals surface area contributed by atoms with Crippen LogP contribution in [0.15, 0.2) is 18.3 Å². The second-order valence-corrected chi connectivity index (χ2v) is 4.50. The Morgan fingerprint density at radius 3 is 2.60 bits per heavy atom. The van der Waals surface area contributed by atoms with Crippen molar-refractivity contribution in [1.82, 2.24) is 4.98 Å². The van der Waals surface area contributed by atoms with Crippen LogP contribution in [0.4, 0.5) is 0 Å². The number of pyridine rings is 1. The molecule has 0 unspecified atom stereocenters. The highest BCUT2D eigenvalue weighted by atomic mass is 35.5. The number of nitrogens with zero attached hydrogens (tertiary/aromatic N) is 1. The molecular formula is C12H14ClNO. The van der Waals surface area contributed by atoms with Gasteiger partial charge in [-0.25, -0.2) is 0 Å². The van der Waals surface area contributed by atoms with Crippen LogP contribution in [0.25, 0.3) is 0 Å². The Morgan fingerprint density at radius 1 is 1.27 bits per heavy atom. The van der Waals surface area contributed by atoms with E-state index in [1.807, 2.05) is 0 Å². The maximum atomic E-state index is 12.0. The van der Waals surface area contributed by atoms with Crippen molar-refractivity contribution in [3.8, 4) is 0 Å². The van der Waals surface area contributed by atoms with Crippen molar-refractivity contribution in [2.24, 2.45) is 5.92 Å². The van der Waals surface area contributed by atoms with Crippen molar-refractivity contribution in [2.45, 2.75) is 32.1 Å². The second kappa shape index (κ2) is 4.75. The third-order valence-electron chi connectivity index (χ3n) is 2.96. The van der Waals surface area contributed by atoms with Gasteiger partial charge in [0.25, 0.3) is 0 Å². The first-order valence-electron chi connectivity index (χ1n) is 5.43. The molecule has 0 amide bonds. The lowest BCUT2D eigenvalue weighted by molar-refractivity contribution is 0.0884. The van der Waals surface area contributed by atoms with Crippen LogP contribution in [0.2, 0.25) is 5.02 Å². The second-order valence-electron chi connectivity index (χ2n) is 4.06. The van der Waals surface area contributed by atoms with E-state index in [9.17, 15) is 4.79 Å². The average molecular weight is 224 g/mol. The summed E-state index contributed by atoms with van der Waals surface area (Å²) in [6, 6.07) is 3.45. The van der Waals surface area contributed by atoms with E-state index in [-0.39, 0.29) is 11.7 Å². The van der Waals surface area contributed by atoms with E-state index in [1.54, 1.807) is 12.1 Å². The van der Waals surface area contributed by atoms with Crippen LogP contribution in [0, 0.1) is 5.92 Å². The zero-order valence-electron chi connectivity index (χ0n) is 8.58. The van der Waals surface area contributed by atoms with E-state index >= 15 is 0 Å². The first-order chi connectivity index (χ1) is 7.27. The van der Waals surface area contributed by atoms with Gasteiger partial charge in [0.1, 0.15) is 5.69 Å². The van der Waals surface area contributed by atoms with Gasteiger partial charge in [-0.15, -0.1) is 0 Å². The summed E-state index contributed by atoms with van der Waals surface area (Å²) in [7, 11) is 0. The molecule has 1 fully saturated rings. The fraction of sp³-hybridized carbons (Fsp3) is 0.500. The molecule has 3 heteroatoms. The summed E-state index contributed by atoms with van der Waals surface area (Å²) >= 11 is 5.73. The number of aromatic nitrogens is 1. The molecule has 1 heterocycles. The summed E-state index contributed by atoms with van der Waals surface area (Å²) in [6.45, 7) is 0. The van der Waals surface area contributed by atoms with Gasteiger partial charge in [-0.1, -0.05) is 30.9 Å². The van der Waals surface area contributed by atoms with E-state index in [4.69, 9.17) is 11.6 Å². The molecule has 1 aromatic rings. The number of hydrogen-bond acceptors (Lipinski definition) is 2. The number of rotatable bonds is 2. The van der Waals surface area contributed by atoms with Gasteiger partial charge in [0.2, 0.25) is 0 Å². The lowest BCUT2D eigenvalue weighted by Gasteiger charge is -2.19. The Bertz CT molecular complexity index is 341. The third kappa shape index (κ3) is 2.57. The molecule has 1 aliphatic rings. The Kier molecular flexibility index (Phi) is 3.37. The highest BCUT2D eigenvalue weighted by Gasteiger charge is 2.22. The van der Waals surface area contributed by atoms with Crippen molar-refractivity contribution < 1.29 is 4.79 Å². The van der Waals surface area contributed by atoms with Crippen molar-refractivity contribution >= 4 is 17.4 Å². The zero-order chi connectivity index (χ0) is 10.7. The third-order valence-corrected chi connectivity index (χ3v) is 3.18. The summed E-state index contributed by atoms with van der Waals surface area (Å²) in [5, 5.41) is 0.579. The largest absolute Gasteiger partial charge is 0.292 e. The molecule has 80 valence electrons. The first-order valence-corrected chi connectivity index (χ1v) is 5.81. The molecule has 0 radical (unpaired) electrons. The average Bonchev–Trinajstić information content (AvgIpc) is 2.30. The summed E-state index contributed by atoms with van der Waals surface area (Å²) < 4.78 is 0. The van der Waals surface area contributed by atoms with E-state index < -0.39 is 0 Å². The fourth-order valence-corrected chi connectivity index (χ4v) is 2.21. The van der Waals surface area contributed by atoms with Crippen molar-refractivity contribution in [2.75, 3.05) is 0 Å². The van der Waals surface area contributed by atoms with Crippen LogP contribution in [0.3, 0.4) is 0 Å². The van der Waals surface area contributed by atoms with Crippen LogP contribution in [-0.4, -0.2) is 10.8 Å². The summed E-state index contributed by atoms with van der Waals surface area (Å²) in [6.07, 6.45) is 7.18. The smallest absolute Gasteiger partial charge is 0.184 e. The van der Waals surface area contributed by atoms with Gasteiger partial charge < -0.3 is 0 Å². The molecule has 0 aliphatic heterocycles. The molecule has 2 nitrogen and oxygen atoms in total. The van der Waals surface area contributed by atoms with E-state index in [0.29, 0.717) is 10.7 Å². The van der Waals surface area contributed by atoms with Gasteiger partial charge in [0, 0.05) is 12.1 Å². The minimum atomic E-state index is 0.186. The minimum absolute atomic E-state index is 0.186. The first kappa shape index (κ1) is 10.6. The van der Waals surface area contributed by atoms with Gasteiger partial charge in [-0.05, 0) is 25.0 Å². The predicted molar refractivity (Wildman–Crippen MR) is 60.2 cm³/mol. The molecule has 1 saturated carbocycles. The van der Waals surface area contributed by atoms with Crippen LogP contribution >= 0.6 is 11.6 Å². The zero-order valence-corrected chi connectivity index (χ0v) is 9.33. The maximum absolute atomic E-state index is 12.0. The Hall–Kier alpha value is -0.890. The number of carbonyl (C=O) groups is 1. The topological polar surface area (TPSA) is 30.0 Å². The van der Waals surface area contributed by atoms with Crippen molar-refractivity contribution in [3.05, 3.63) is 29.0 Å². The lowest BCUT2D eigenvalue weighted by atomic mass is 9.85. The van der Waals surface area contributed by atoms with Crippen LogP contribution < -0.4 is 0 Å². The highest BCUT2D eigenvalue weighted by Crippen LogP contribution is 2.26. The van der Waals surface area contributed by atoms with Crippen LogP contribution in [0.5, 0.6) is 0 Å². The Balaban J connectivity index is 2.09. The number of carbonyl (C=O) groups excluding carboxylic acids is 1. The van der Waals surface area contributed by atoms with E-state index in [2.05, 4.69) is 4.98 Å². The highest BCUT2D eigenvalue weighted by molar-refractivity contribution is 6.30. The van der Waals surface area contributed by atoms with Gasteiger partial charge in [-0.2, -0.15) is 0 Å². The molecule has 0 spiro atoms. The van der Waals surface area contributed by atoms with E-state index in [0.717, 1.165) is 12.8 Å². The van der Waals surface area contributed by atoms with E-state index in [1.165, 1.54) is 25.5 Å². The van der Waals surface area contributed by atoms with Crippen molar-refractivity contribution in [1.29, 1.82) is 0 Å². The summed E-state index contributed by atoms with van der Waals surface area (Å²) in [5.41, 5.74) is 0.561. The van der Waals surface area contributed by atoms with Gasteiger partial charge >= 0.3 is 0 Å². The molecule has 0 N–H and O–H groups in total. The van der Waals surface area contributed by atoms with Crippen molar-refractivity contribution in [3.63, 3.8) is 0 Å². The maximum Gasteiger partial charge on any atom is 0.184 e. The number of ketones is 1. The van der Waals surface area contributed by atoms with Gasteiger partial charge in [0.15, 0.2) is 5.78 Å². The standard InChI is InChI=1S/C12H14ClNO/c13-10-6-7-11(14-8-10)12(15)9-4-2-1-3-5-9/h6-9H,1-5H2. The Labute approximate surface area is 94.7 Å². The monoisotopic (exact) mass is 223 g/mol. The molecule has 1 aliphatic carbocycles. The lowest BCUT2D eigenvalue weighted by Crippen LogP contribution is -2.18. The van der Waals surface area contributed by atoms with Gasteiger partial charge in [0.05, 0.1) is 5.02 Å². The predicted octanol–water partition coefficient (Wildman–Crippen LogP) is 3.50. The molecular weight excluding hydrogens is 210 g/mol.